The summed E-state index contributed by atoms with van der Waals surface area (Å²) >= 11 is 6.81. The summed E-state index contributed by atoms with van der Waals surface area (Å²) < 4.78 is 6.76. The summed E-state index contributed by atoms with van der Waals surface area (Å²) in [7, 11) is 0. The largest absolute Gasteiger partial charge is 0.464 e. The van der Waals surface area contributed by atoms with E-state index in [0.717, 1.165) is 28.0 Å². The Morgan fingerprint density at radius 2 is 2.00 bits per heavy atom. The van der Waals surface area contributed by atoms with Crippen molar-refractivity contribution in [2.45, 2.75) is 33.7 Å². The van der Waals surface area contributed by atoms with E-state index in [9.17, 15) is 24.5 Å². The van der Waals surface area contributed by atoms with Crippen LogP contribution in [0.5, 0.6) is 0 Å². The molecule has 168 valence electrons. The van der Waals surface area contributed by atoms with Gasteiger partial charge in [0.2, 0.25) is 0 Å². The highest BCUT2D eigenvalue weighted by atomic mass is 35.5. The van der Waals surface area contributed by atoms with Crippen molar-refractivity contribution < 1.29 is 24.0 Å². The first kappa shape index (κ1) is 23.6. The monoisotopic (exact) mass is 477 g/mol. The maximum atomic E-state index is 12.8. The Bertz CT molecular complexity index is 1170. The van der Waals surface area contributed by atoms with Crippen LogP contribution in [0.2, 0.25) is 5.02 Å². The highest BCUT2D eigenvalue weighted by Crippen LogP contribution is 2.35. The molecule has 2 aromatic rings. The zero-order chi connectivity index (χ0) is 23.7. The molecule has 0 N–H and O–H groups in total. The number of nitrogens with zero attached hydrogens (tertiary/aromatic N) is 3. The van der Waals surface area contributed by atoms with Crippen LogP contribution < -0.4 is 0 Å². The van der Waals surface area contributed by atoms with Gasteiger partial charge in [-0.15, -0.1) is 0 Å². The van der Waals surface area contributed by atoms with Gasteiger partial charge >= 0.3 is 5.97 Å². The number of imide groups is 1. The fourth-order valence-electron chi connectivity index (χ4n) is 3.44. The van der Waals surface area contributed by atoms with E-state index in [4.69, 9.17) is 16.3 Å². The van der Waals surface area contributed by atoms with Crippen molar-refractivity contribution in [2.24, 2.45) is 0 Å². The average Bonchev–Trinajstić information content (AvgIpc) is 3.15. The number of nitro benzene ring substituents is 1. The SMILES string of the molecule is CCOC(=O)[C@H](C)N1C(=O)S/C(=C/c2cc(C)n(-c3ccc([N+](=O)[O-])c(Cl)c3)c2C)C1=O. The summed E-state index contributed by atoms with van der Waals surface area (Å²) in [6, 6.07) is 5.22. The van der Waals surface area contributed by atoms with Gasteiger partial charge in [0.1, 0.15) is 11.1 Å². The Morgan fingerprint density at radius 1 is 1.31 bits per heavy atom. The minimum Gasteiger partial charge on any atom is -0.464 e. The maximum absolute atomic E-state index is 12.8. The normalized spacial score (nSPS) is 16.0. The predicted octanol–water partition coefficient (Wildman–Crippen LogP) is 4.64. The Labute approximate surface area is 193 Å². The molecular weight excluding hydrogens is 458 g/mol. The van der Waals surface area contributed by atoms with Gasteiger partial charge in [-0.3, -0.25) is 24.6 Å². The summed E-state index contributed by atoms with van der Waals surface area (Å²) in [4.78, 5) is 48.7. The third kappa shape index (κ3) is 4.28. The molecule has 11 heteroatoms. The standard InChI is InChI=1S/C21H20ClN3O6S/c1-5-31-20(27)13(4)24-19(26)18(32-21(24)28)9-14-8-11(2)23(12(14)3)15-6-7-17(25(29)30)16(22)10-15/h6-10,13H,5H2,1-4H3/b18-9+/t13-/m0/s1. The number of hydrogen-bond acceptors (Lipinski definition) is 7. The van der Waals surface area contributed by atoms with Crippen molar-refractivity contribution in [3.05, 3.63) is 61.3 Å². The van der Waals surface area contributed by atoms with Crippen molar-refractivity contribution in [1.29, 1.82) is 0 Å². The van der Waals surface area contributed by atoms with Gasteiger partial charge in [-0.05, 0) is 69.3 Å². The van der Waals surface area contributed by atoms with Crippen molar-refractivity contribution in [2.75, 3.05) is 6.61 Å². The molecule has 1 aromatic heterocycles. The van der Waals surface area contributed by atoms with E-state index in [2.05, 4.69) is 0 Å². The quantitative estimate of drug-likeness (QED) is 0.258. The van der Waals surface area contributed by atoms with Crippen LogP contribution >= 0.6 is 23.4 Å². The van der Waals surface area contributed by atoms with Crippen LogP contribution in [0.3, 0.4) is 0 Å². The highest BCUT2D eigenvalue weighted by Gasteiger charge is 2.41. The van der Waals surface area contributed by atoms with Gasteiger partial charge in [-0.1, -0.05) is 11.6 Å². The van der Waals surface area contributed by atoms with E-state index < -0.39 is 28.1 Å². The molecule has 0 aliphatic carbocycles. The molecule has 0 radical (unpaired) electrons. The predicted molar refractivity (Wildman–Crippen MR) is 121 cm³/mol. The van der Waals surface area contributed by atoms with E-state index in [0.29, 0.717) is 11.3 Å². The lowest BCUT2D eigenvalue weighted by Gasteiger charge is -2.19. The van der Waals surface area contributed by atoms with E-state index in [-0.39, 0.29) is 22.2 Å². The second kappa shape index (κ2) is 9.17. The molecule has 1 aliphatic heterocycles. The number of carbonyl (C=O) groups excluding carboxylic acids is 3. The number of amides is 2. The molecule has 0 unspecified atom stereocenters. The number of carbonyl (C=O) groups is 3. The Hall–Kier alpha value is -3.11. The number of thioether (sulfide) groups is 1. The summed E-state index contributed by atoms with van der Waals surface area (Å²) in [6.07, 6.45) is 1.59. The Balaban J connectivity index is 1.95. The van der Waals surface area contributed by atoms with Gasteiger partial charge in [0.25, 0.3) is 16.8 Å². The summed E-state index contributed by atoms with van der Waals surface area (Å²) in [5, 5.41) is 10.5. The maximum Gasteiger partial charge on any atom is 0.329 e. The van der Waals surface area contributed by atoms with Crippen LogP contribution in [0.4, 0.5) is 10.5 Å². The van der Waals surface area contributed by atoms with Crippen LogP contribution in [0, 0.1) is 24.0 Å². The molecule has 1 atom stereocenters. The molecule has 1 fully saturated rings. The van der Waals surface area contributed by atoms with Crippen LogP contribution in [-0.2, 0) is 14.3 Å². The van der Waals surface area contributed by atoms with Crippen molar-refractivity contribution in [3.8, 4) is 5.69 Å². The van der Waals surface area contributed by atoms with Gasteiger partial charge in [0.05, 0.1) is 16.4 Å². The first-order valence-corrected chi connectivity index (χ1v) is 10.8. The van der Waals surface area contributed by atoms with Gasteiger partial charge < -0.3 is 9.30 Å². The van der Waals surface area contributed by atoms with E-state index in [1.54, 1.807) is 19.1 Å². The minimum absolute atomic E-state index is 0.00984. The number of halogens is 1. The molecule has 0 spiro atoms. The van der Waals surface area contributed by atoms with Crippen molar-refractivity contribution in [1.82, 2.24) is 9.47 Å². The number of benzene rings is 1. The van der Waals surface area contributed by atoms with Crippen LogP contribution in [0.25, 0.3) is 11.8 Å². The van der Waals surface area contributed by atoms with Gasteiger partial charge in [-0.25, -0.2) is 4.79 Å². The Morgan fingerprint density at radius 3 is 2.59 bits per heavy atom. The molecule has 1 aliphatic rings. The summed E-state index contributed by atoms with van der Waals surface area (Å²) in [5.41, 5.74) is 2.67. The lowest BCUT2D eigenvalue weighted by molar-refractivity contribution is -0.384. The highest BCUT2D eigenvalue weighted by molar-refractivity contribution is 8.18. The molecule has 9 nitrogen and oxygen atoms in total. The third-order valence-corrected chi connectivity index (χ3v) is 6.17. The molecule has 2 amide bonds. The molecule has 2 heterocycles. The second-order valence-electron chi connectivity index (χ2n) is 7.03. The smallest absolute Gasteiger partial charge is 0.329 e. The van der Waals surface area contributed by atoms with Gasteiger partial charge in [0.15, 0.2) is 0 Å². The molecule has 32 heavy (non-hydrogen) atoms. The van der Waals surface area contributed by atoms with E-state index in [1.165, 1.54) is 19.1 Å². The van der Waals surface area contributed by atoms with E-state index >= 15 is 0 Å². The molecular formula is C21H20ClN3O6S. The molecule has 0 saturated carbocycles. The Kier molecular flexibility index (Phi) is 6.75. The minimum atomic E-state index is -1.02. The third-order valence-electron chi connectivity index (χ3n) is 4.98. The van der Waals surface area contributed by atoms with Crippen molar-refractivity contribution >= 4 is 52.2 Å². The van der Waals surface area contributed by atoms with Crippen LogP contribution in [0.1, 0.15) is 30.8 Å². The summed E-state index contributed by atoms with van der Waals surface area (Å²) in [6.45, 7) is 6.90. The molecule has 1 saturated heterocycles. The lowest BCUT2D eigenvalue weighted by Crippen LogP contribution is -2.42. The number of ether oxygens (including phenoxy) is 1. The van der Waals surface area contributed by atoms with E-state index in [1.807, 2.05) is 24.5 Å². The van der Waals surface area contributed by atoms with Crippen LogP contribution in [0.15, 0.2) is 29.2 Å². The van der Waals surface area contributed by atoms with Gasteiger partial charge in [-0.2, -0.15) is 0 Å². The zero-order valence-corrected chi connectivity index (χ0v) is 19.3. The number of esters is 1. The molecule has 0 bridgehead atoms. The number of aryl methyl sites for hydroxylation is 1. The lowest BCUT2D eigenvalue weighted by atomic mass is 10.2. The first-order valence-electron chi connectivity index (χ1n) is 9.63. The second-order valence-corrected chi connectivity index (χ2v) is 8.43. The average molecular weight is 478 g/mol. The topological polar surface area (TPSA) is 112 Å². The number of rotatable bonds is 6. The van der Waals surface area contributed by atoms with Crippen molar-refractivity contribution in [3.63, 3.8) is 0 Å². The number of nitro groups is 1. The van der Waals surface area contributed by atoms with Crippen LogP contribution in [-0.4, -0.2) is 44.2 Å². The number of hydrogen-bond donors (Lipinski definition) is 0. The fourth-order valence-corrected chi connectivity index (χ4v) is 4.58. The first-order chi connectivity index (χ1) is 15.1. The summed E-state index contributed by atoms with van der Waals surface area (Å²) in [5.74, 6) is -1.21. The molecule has 1 aromatic carbocycles. The molecule has 3 rings (SSSR count). The van der Waals surface area contributed by atoms with Gasteiger partial charge in [0, 0.05) is 23.1 Å². The zero-order valence-electron chi connectivity index (χ0n) is 17.7. The fraction of sp³-hybridized carbons (Fsp3) is 0.286. The number of aromatic nitrogens is 1.